The van der Waals surface area contributed by atoms with Crippen LogP contribution in [0.3, 0.4) is 0 Å². The number of hydrogen-bond donors (Lipinski definition) is 0. The van der Waals surface area contributed by atoms with E-state index in [-0.39, 0.29) is 6.54 Å². The van der Waals surface area contributed by atoms with Crippen LogP contribution in [0, 0.1) is 0 Å². The Morgan fingerprint density at radius 2 is 1.54 bits per heavy atom. The van der Waals surface area contributed by atoms with E-state index in [9.17, 15) is 22.8 Å². The molecule has 2 aromatic rings. The predicted octanol–water partition coefficient (Wildman–Crippen LogP) is 1.63. The molecule has 130 valence electrons. The molecule has 0 radical (unpaired) electrons. The maximum absolute atomic E-state index is 12.8. The minimum atomic E-state index is -4.79. The van der Waals surface area contributed by atoms with Gasteiger partial charge in [-0.3, -0.25) is 13.9 Å². The Kier molecular flexibility index (Phi) is 4.72. The first-order valence-electron chi connectivity index (χ1n) is 6.77. The zero-order chi connectivity index (χ0) is 18.1. The van der Waals surface area contributed by atoms with Crippen molar-refractivity contribution >= 4 is 0 Å². The minimum absolute atomic E-state index is 0.211. The lowest BCUT2D eigenvalue weighted by Gasteiger charge is -2.14. The number of hydrogen-bond acceptors (Lipinski definition) is 4. The Hall–Kier alpha value is -2.71. The number of nitrogens with zero attached hydrogens (tertiary/aromatic N) is 2. The third-order valence-corrected chi connectivity index (χ3v) is 3.45. The molecule has 9 heteroatoms. The van der Waals surface area contributed by atoms with E-state index in [4.69, 9.17) is 9.47 Å². The minimum Gasteiger partial charge on any atom is -0.497 e. The van der Waals surface area contributed by atoms with Gasteiger partial charge in [-0.25, -0.2) is 4.79 Å². The van der Waals surface area contributed by atoms with Crippen LogP contribution in [0.5, 0.6) is 11.5 Å². The van der Waals surface area contributed by atoms with Crippen LogP contribution in [-0.4, -0.2) is 23.4 Å². The SMILES string of the molecule is COc1cc(Cn2c(=O)cc(C(F)(F)F)n(C)c2=O)cc(OC)c1. The maximum atomic E-state index is 12.8. The molecule has 0 fully saturated rings. The summed E-state index contributed by atoms with van der Waals surface area (Å²) in [6.45, 7) is -0.211. The summed E-state index contributed by atoms with van der Waals surface area (Å²) < 4.78 is 49.8. The Balaban J connectivity index is 2.54. The van der Waals surface area contributed by atoms with Crippen LogP contribution in [0.4, 0.5) is 13.2 Å². The fourth-order valence-electron chi connectivity index (χ4n) is 2.23. The summed E-state index contributed by atoms with van der Waals surface area (Å²) in [6.07, 6.45) is -4.79. The number of alkyl halides is 3. The summed E-state index contributed by atoms with van der Waals surface area (Å²) in [7, 11) is 3.83. The number of halogens is 3. The second-order valence-electron chi connectivity index (χ2n) is 5.01. The molecular weight excluding hydrogens is 329 g/mol. The molecule has 6 nitrogen and oxygen atoms in total. The second-order valence-corrected chi connectivity index (χ2v) is 5.01. The highest BCUT2D eigenvalue weighted by molar-refractivity contribution is 5.38. The fourth-order valence-corrected chi connectivity index (χ4v) is 2.23. The standard InChI is InChI=1S/C15H15F3N2O4/c1-19-12(15(16,17)18)7-13(21)20(14(19)22)8-9-4-10(23-2)6-11(5-9)24-3/h4-7H,8H2,1-3H3. The van der Waals surface area contributed by atoms with Gasteiger partial charge in [0.15, 0.2) is 0 Å². The average molecular weight is 344 g/mol. The maximum Gasteiger partial charge on any atom is 0.431 e. The Bertz CT molecular complexity index is 846. The van der Waals surface area contributed by atoms with Gasteiger partial charge in [0, 0.05) is 19.2 Å². The number of ether oxygens (including phenoxy) is 2. The average Bonchev–Trinajstić information content (AvgIpc) is 2.53. The molecule has 1 aromatic heterocycles. The van der Waals surface area contributed by atoms with E-state index in [1.54, 1.807) is 18.2 Å². The highest BCUT2D eigenvalue weighted by atomic mass is 19.4. The number of benzene rings is 1. The summed E-state index contributed by atoms with van der Waals surface area (Å²) in [4.78, 5) is 24.1. The summed E-state index contributed by atoms with van der Waals surface area (Å²) in [5, 5.41) is 0. The smallest absolute Gasteiger partial charge is 0.431 e. The third-order valence-electron chi connectivity index (χ3n) is 3.45. The zero-order valence-electron chi connectivity index (χ0n) is 13.2. The second kappa shape index (κ2) is 6.42. The van der Waals surface area contributed by atoms with Crippen molar-refractivity contribution < 1.29 is 22.6 Å². The molecule has 0 bridgehead atoms. The van der Waals surface area contributed by atoms with Crippen molar-refractivity contribution in [2.24, 2.45) is 7.05 Å². The first-order chi connectivity index (χ1) is 11.2. The highest BCUT2D eigenvalue weighted by Crippen LogP contribution is 2.27. The molecule has 0 N–H and O–H groups in total. The molecule has 0 saturated carbocycles. The molecule has 1 heterocycles. The van der Waals surface area contributed by atoms with Crippen LogP contribution in [0.25, 0.3) is 0 Å². The normalized spacial score (nSPS) is 11.4. The Morgan fingerprint density at radius 3 is 2.00 bits per heavy atom. The van der Waals surface area contributed by atoms with Crippen molar-refractivity contribution in [3.8, 4) is 11.5 Å². The number of rotatable bonds is 4. The molecular formula is C15H15F3N2O4. The van der Waals surface area contributed by atoms with E-state index in [0.717, 1.165) is 7.05 Å². The van der Waals surface area contributed by atoms with Gasteiger partial charge < -0.3 is 9.47 Å². The van der Waals surface area contributed by atoms with E-state index < -0.39 is 23.1 Å². The van der Waals surface area contributed by atoms with Crippen LogP contribution in [-0.2, 0) is 19.8 Å². The van der Waals surface area contributed by atoms with Crippen LogP contribution in [0.2, 0.25) is 0 Å². The van der Waals surface area contributed by atoms with Gasteiger partial charge >= 0.3 is 11.9 Å². The van der Waals surface area contributed by atoms with E-state index >= 15 is 0 Å². The molecule has 0 atom stereocenters. The van der Waals surface area contributed by atoms with Crippen molar-refractivity contribution in [3.05, 3.63) is 56.4 Å². The Morgan fingerprint density at radius 1 is 1.00 bits per heavy atom. The molecule has 2 rings (SSSR count). The molecule has 0 aliphatic carbocycles. The lowest BCUT2D eigenvalue weighted by molar-refractivity contribution is -0.144. The highest BCUT2D eigenvalue weighted by Gasteiger charge is 2.34. The van der Waals surface area contributed by atoms with Crippen LogP contribution in [0.15, 0.2) is 33.9 Å². The van der Waals surface area contributed by atoms with Crippen LogP contribution >= 0.6 is 0 Å². The van der Waals surface area contributed by atoms with Gasteiger partial charge in [-0.1, -0.05) is 0 Å². The molecule has 0 aliphatic rings. The molecule has 0 aliphatic heterocycles. The molecule has 0 spiro atoms. The summed E-state index contributed by atoms with van der Waals surface area (Å²) in [5.74, 6) is 0.863. The van der Waals surface area contributed by atoms with Gasteiger partial charge in [0.2, 0.25) is 0 Å². The first kappa shape index (κ1) is 17.6. The van der Waals surface area contributed by atoms with E-state index in [2.05, 4.69) is 0 Å². The largest absolute Gasteiger partial charge is 0.497 e. The van der Waals surface area contributed by atoms with Gasteiger partial charge in [0.1, 0.15) is 17.2 Å². The van der Waals surface area contributed by atoms with Gasteiger partial charge in [0.05, 0.1) is 20.8 Å². The molecule has 1 aromatic carbocycles. The van der Waals surface area contributed by atoms with Crippen molar-refractivity contribution in [3.63, 3.8) is 0 Å². The fraction of sp³-hybridized carbons (Fsp3) is 0.333. The molecule has 0 amide bonds. The molecule has 0 unspecified atom stereocenters. The number of aromatic nitrogens is 2. The summed E-state index contributed by atoms with van der Waals surface area (Å²) in [5.41, 5.74) is -2.91. The zero-order valence-corrected chi connectivity index (χ0v) is 13.2. The first-order valence-corrected chi connectivity index (χ1v) is 6.77. The number of methoxy groups -OCH3 is 2. The third kappa shape index (κ3) is 3.44. The topological polar surface area (TPSA) is 62.5 Å². The lowest BCUT2D eigenvalue weighted by Crippen LogP contribution is -2.41. The van der Waals surface area contributed by atoms with Gasteiger partial charge in [-0.05, 0) is 17.7 Å². The monoisotopic (exact) mass is 344 g/mol. The van der Waals surface area contributed by atoms with Crippen molar-refractivity contribution in [2.75, 3.05) is 14.2 Å². The van der Waals surface area contributed by atoms with Crippen LogP contribution in [0.1, 0.15) is 11.3 Å². The predicted molar refractivity (Wildman–Crippen MR) is 79.6 cm³/mol. The van der Waals surface area contributed by atoms with Gasteiger partial charge in [-0.2, -0.15) is 13.2 Å². The summed E-state index contributed by atoms with van der Waals surface area (Å²) >= 11 is 0. The van der Waals surface area contributed by atoms with Crippen molar-refractivity contribution in [2.45, 2.75) is 12.7 Å². The van der Waals surface area contributed by atoms with E-state index in [0.29, 0.717) is 32.3 Å². The van der Waals surface area contributed by atoms with Gasteiger partial charge in [-0.15, -0.1) is 0 Å². The van der Waals surface area contributed by atoms with Crippen molar-refractivity contribution in [1.82, 2.24) is 9.13 Å². The molecule has 0 saturated heterocycles. The van der Waals surface area contributed by atoms with E-state index in [1.807, 2.05) is 0 Å². The van der Waals surface area contributed by atoms with Gasteiger partial charge in [0.25, 0.3) is 5.56 Å². The summed E-state index contributed by atoms with van der Waals surface area (Å²) in [6, 6.07) is 5.12. The van der Waals surface area contributed by atoms with Crippen molar-refractivity contribution in [1.29, 1.82) is 0 Å². The quantitative estimate of drug-likeness (QED) is 0.846. The van der Waals surface area contributed by atoms with Crippen LogP contribution < -0.4 is 20.7 Å². The lowest BCUT2D eigenvalue weighted by atomic mass is 10.2. The van der Waals surface area contributed by atoms with E-state index in [1.165, 1.54) is 14.2 Å². The Labute approximate surface area is 134 Å². The molecule has 24 heavy (non-hydrogen) atoms.